The second kappa shape index (κ2) is 9.63. The number of anilines is 1. The number of carbonyl (C=O) groups excluding carboxylic acids is 1. The van der Waals surface area contributed by atoms with Gasteiger partial charge >= 0.3 is 0 Å². The van der Waals surface area contributed by atoms with Gasteiger partial charge in [0.05, 0.1) is 30.2 Å². The van der Waals surface area contributed by atoms with E-state index in [1.807, 2.05) is 47.8 Å². The molecule has 1 aliphatic heterocycles. The normalized spacial score (nSPS) is 14.8. The van der Waals surface area contributed by atoms with Crippen LogP contribution in [0.3, 0.4) is 0 Å². The molecule has 0 spiro atoms. The molecule has 1 saturated heterocycles. The smallest absolute Gasteiger partial charge is 0.243 e. The average molecular weight is 494 g/mol. The molecule has 34 heavy (non-hydrogen) atoms. The van der Waals surface area contributed by atoms with Gasteiger partial charge in [-0.1, -0.05) is 54.6 Å². The fraction of sp³-hybridized carbons (Fsp3) is 0.200. The molecule has 1 aliphatic rings. The van der Waals surface area contributed by atoms with Crippen LogP contribution < -0.4 is 5.32 Å². The Morgan fingerprint density at radius 3 is 2.53 bits per heavy atom. The van der Waals surface area contributed by atoms with Gasteiger partial charge in [0, 0.05) is 24.0 Å². The second-order valence-corrected chi connectivity index (χ2v) is 10.7. The summed E-state index contributed by atoms with van der Waals surface area (Å²) in [6.45, 7) is 1.53. The van der Waals surface area contributed by atoms with Crippen molar-refractivity contribution in [2.75, 3.05) is 31.6 Å². The Morgan fingerprint density at radius 1 is 1.00 bits per heavy atom. The van der Waals surface area contributed by atoms with E-state index in [0.29, 0.717) is 37.1 Å². The fourth-order valence-electron chi connectivity index (χ4n) is 3.98. The third-order valence-corrected chi connectivity index (χ3v) is 8.41. The van der Waals surface area contributed by atoms with Crippen LogP contribution in [0.5, 0.6) is 0 Å². The van der Waals surface area contributed by atoms with E-state index < -0.39 is 10.0 Å². The molecular weight excluding hydrogens is 470 g/mol. The molecule has 1 N–H and O–H groups in total. The molecule has 3 aromatic carbocycles. The van der Waals surface area contributed by atoms with E-state index in [9.17, 15) is 13.2 Å². The standard InChI is InChI=1S/C25H23N3O4S2/c29-24(16-20-6-3-5-18-4-1-2-7-22(18)20)27-25-26-23(17-33-25)19-8-10-21(11-9-19)34(30,31)28-12-14-32-15-13-28/h1-11,17H,12-16H2,(H,26,27,29). The maximum atomic E-state index is 12.8. The van der Waals surface area contributed by atoms with E-state index in [-0.39, 0.29) is 17.2 Å². The third kappa shape index (κ3) is 4.74. The van der Waals surface area contributed by atoms with Crippen LogP contribution in [0.4, 0.5) is 5.13 Å². The minimum Gasteiger partial charge on any atom is -0.379 e. The number of nitrogens with one attached hydrogen (secondary N) is 1. The molecule has 2 heterocycles. The van der Waals surface area contributed by atoms with Crippen molar-refractivity contribution in [3.05, 3.63) is 77.7 Å². The fourth-order valence-corrected chi connectivity index (χ4v) is 6.12. The van der Waals surface area contributed by atoms with Crippen LogP contribution >= 0.6 is 11.3 Å². The molecule has 0 bridgehead atoms. The minimum absolute atomic E-state index is 0.135. The number of benzene rings is 3. The summed E-state index contributed by atoms with van der Waals surface area (Å²) in [6, 6.07) is 20.6. The molecule has 5 rings (SSSR count). The van der Waals surface area contributed by atoms with E-state index >= 15 is 0 Å². The zero-order chi connectivity index (χ0) is 23.5. The number of thiazole rings is 1. The lowest BCUT2D eigenvalue weighted by Gasteiger charge is -2.26. The van der Waals surface area contributed by atoms with Gasteiger partial charge in [-0.2, -0.15) is 4.31 Å². The highest BCUT2D eigenvalue weighted by Gasteiger charge is 2.26. The van der Waals surface area contributed by atoms with Crippen LogP contribution in [-0.4, -0.2) is 49.9 Å². The highest BCUT2D eigenvalue weighted by atomic mass is 32.2. The second-order valence-electron chi connectivity index (χ2n) is 7.94. The number of amides is 1. The number of aromatic nitrogens is 1. The van der Waals surface area contributed by atoms with Crippen molar-refractivity contribution in [2.45, 2.75) is 11.3 Å². The summed E-state index contributed by atoms with van der Waals surface area (Å²) < 4.78 is 32.3. The van der Waals surface area contributed by atoms with Crippen LogP contribution in [0.1, 0.15) is 5.56 Å². The largest absolute Gasteiger partial charge is 0.379 e. The highest BCUT2D eigenvalue weighted by Crippen LogP contribution is 2.27. The molecule has 174 valence electrons. The number of carbonyl (C=O) groups is 1. The monoisotopic (exact) mass is 493 g/mol. The number of nitrogens with zero attached hydrogens (tertiary/aromatic N) is 2. The first-order chi connectivity index (χ1) is 16.5. The van der Waals surface area contributed by atoms with Gasteiger partial charge in [-0.3, -0.25) is 4.79 Å². The van der Waals surface area contributed by atoms with Crippen LogP contribution in [-0.2, 0) is 26.0 Å². The molecule has 1 amide bonds. The summed E-state index contributed by atoms with van der Waals surface area (Å²) in [5.74, 6) is -0.135. The Labute approximate surface area is 202 Å². The molecule has 0 radical (unpaired) electrons. The summed E-state index contributed by atoms with van der Waals surface area (Å²) in [5.41, 5.74) is 2.43. The van der Waals surface area contributed by atoms with Crippen LogP contribution in [0.15, 0.2) is 77.0 Å². The minimum atomic E-state index is -3.54. The van der Waals surface area contributed by atoms with Gasteiger partial charge in [-0.15, -0.1) is 11.3 Å². The van der Waals surface area contributed by atoms with Crippen LogP contribution in [0.2, 0.25) is 0 Å². The molecule has 1 fully saturated rings. The van der Waals surface area contributed by atoms with Crippen molar-refractivity contribution in [3.63, 3.8) is 0 Å². The number of hydrogen-bond donors (Lipinski definition) is 1. The lowest BCUT2D eigenvalue weighted by Crippen LogP contribution is -2.40. The number of ether oxygens (including phenoxy) is 1. The van der Waals surface area contributed by atoms with E-state index in [4.69, 9.17) is 4.74 Å². The van der Waals surface area contributed by atoms with Crippen LogP contribution in [0.25, 0.3) is 22.0 Å². The van der Waals surface area contributed by atoms with Gasteiger partial charge in [-0.25, -0.2) is 13.4 Å². The Hall–Kier alpha value is -3.11. The van der Waals surface area contributed by atoms with E-state index in [2.05, 4.69) is 10.3 Å². The molecule has 4 aromatic rings. The first-order valence-corrected chi connectivity index (χ1v) is 13.2. The Kier molecular flexibility index (Phi) is 6.42. The third-order valence-electron chi connectivity index (χ3n) is 5.74. The van der Waals surface area contributed by atoms with Gasteiger partial charge in [-0.05, 0) is 28.5 Å². The maximum absolute atomic E-state index is 12.8. The molecule has 0 aliphatic carbocycles. The van der Waals surface area contributed by atoms with Gasteiger partial charge in [0.15, 0.2) is 5.13 Å². The topological polar surface area (TPSA) is 88.6 Å². The zero-order valence-electron chi connectivity index (χ0n) is 18.3. The van der Waals surface area contributed by atoms with E-state index in [0.717, 1.165) is 21.9 Å². The number of morpholine rings is 1. The Balaban J connectivity index is 1.27. The summed E-state index contributed by atoms with van der Waals surface area (Å²) in [4.78, 5) is 17.4. The summed E-state index contributed by atoms with van der Waals surface area (Å²) in [5, 5.41) is 7.39. The lowest BCUT2D eigenvalue weighted by molar-refractivity contribution is -0.115. The average Bonchev–Trinajstić information content (AvgIpc) is 3.33. The van der Waals surface area contributed by atoms with Crippen molar-refractivity contribution < 1.29 is 17.9 Å². The molecule has 1 aromatic heterocycles. The van der Waals surface area contributed by atoms with Crippen molar-refractivity contribution >= 4 is 43.2 Å². The summed E-state index contributed by atoms with van der Waals surface area (Å²) >= 11 is 1.34. The Morgan fingerprint density at radius 2 is 1.74 bits per heavy atom. The SMILES string of the molecule is O=C(Cc1cccc2ccccc12)Nc1nc(-c2ccc(S(=O)(=O)N3CCOCC3)cc2)cs1. The molecule has 0 atom stereocenters. The number of hydrogen-bond acceptors (Lipinski definition) is 6. The van der Waals surface area contributed by atoms with Crippen LogP contribution in [0, 0.1) is 0 Å². The van der Waals surface area contributed by atoms with E-state index in [1.54, 1.807) is 24.3 Å². The molecule has 0 unspecified atom stereocenters. The first kappa shape index (κ1) is 22.7. The molecule has 0 saturated carbocycles. The summed E-state index contributed by atoms with van der Waals surface area (Å²) in [6.07, 6.45) is 0.254. The van der Waals surface area contributed by atoms with Crippen molar-refractivity contribution in [3.8, 4) is 11.3 Å². The zero-order valence-corrected chi connectivity index (χ0v) is 19.9. The predicted octanol–water partition coefficient (Wildman–Crippen LogP) is 4.17. The molecular formula is C25H23N3O4S2. The van der Waals surface area contributed by atoms with Gasteiger partial charge in [0.2, 0.25) is 15.9 Å². The van der Waals surface area contributed by atoms with Gasteiger partial charge in [0.25, 0.3) is 0 Å². The van der Waals surface area contributed by atoms with Crippen molar-refractivity contribution in [2.24, 2.45) is 0 Å². The first-order valence-electron chi connectivity index (χ1n) is 10.9. The highest BCUT2D eigenvalue weighted by molar-refractivity contribution is 7.89. The number of fused-ring (bicyclic) bond motifs is 1. The molecule has 9 heteroatoms. The lowest BCUT2D eigenvalue weighted by atomic mass is 10.0. The molecule has 7 nitrogen and oxygen atoms in total. The van der Waals surface area contributed by atoms with Gasteiger partial charge in [0.1, 0.15) is 0 Å². The Bertz CT molecular complexity index is 1420. The maximum Gasteiger partial charge on any atom is 0.243 e. The van der Waals surface area contributed by atoms with Crippen molar-refractivity contribution in [1.82, 2.24) is 9.29 Å². The summed E-state index contributed by atoms with van der Waals surface area (Å²) in [7, 11) is -3.54. The number of rotatable bonds is 6. The predicted molar refractivity (Wildman–Crippen MR) is 133 cm³/mol. The van der Waals surface area contributed by atoms with E-state index in [1.165, 1.54) is 15.6 Å². The van der Waals surface area contributed by atoms with Gasteiger partial charge < -0.3 is 10.1 Å². The number of sulfonamides is 1. The quantitative estimate of drug-likeness (QED) is 0.436. The van der Waals surface area contributed by atoms with Crippen molar-refractivity contribution in [1.29, 1.82) is 0 Å².